The highest BCUT2D eigenvalue weighted by Gasteiger charge is 2.35. The Balaban J connectivity index is 1.93. The van der Waals surface area contributed by atoms with Gasteiger partial charge in [0.15, 0.2) is 11.6 Å². The molecule has 0 saturated carbocycles. The summed E-state index contributed by atoms with van der Waals surface area (Å²) in [5, 5.41) is 1.12. The molecule has 0 fully saturated rings. The summed E-state index contributed by atoms with van der Waals surface area (Å²) in [5.41, 5.74) is 0.615. The lowest BCUT2D eigenvalue weighted by Gasteiger charge is -2.19. The van der Waals surface area contributed by atoms with Crippen LogP contribution in [-0.4, -0.2) is 7.11 Å². The molecule has 0 bridgehead atoms. The first-order valence-electron chi connectivity index (χ1n) is 7.86. The maximum absolute atomic E-state index is 14.4. The molecule has 3 aromatic carbocycles. The second kappa shape index (κ2) is 6.67. The van der Waals surface area contributed by atoms with Crippen LogP contribution < -0.4 is 9.47 Å². The molecular formula is C20H17F3O2. The van der Waals surface area contributed by atoms with Crippen LogP contribution in [0, 0.1) is 5.82 Å². The van der Waals surface area contributed by atoms with E-state index in [0.29, 0.717) is 16.5 Å². The number of hydrogen-bond donors (Lipinski definition) is 0. The zero-order valence-corrected chi connectivity index (χ0v) is 13.9. The van der Waals surface area contributed by atoms with E-state index in [9.17, 15) is 13.2 Å². The number of fused-ring (bicyclic) bond motifs is 1. The second-order valence-corrected chi connectivity index (χ2v) is 5.67. The molecule has 0 unspecified atom stereocenters. The van der Waals surface area contributed by atoms with E-state index < -0.39 is 17.7 Å². The van der Waals surface area contributed by atoms with Gasteiger partial charge in [-0.15, -0.1) is 0 Å². The normalized spacial score (nSPS) is 11.6. The van der Waals surface area contributed by atoms with E-state index in [0.717, 1.165) is 18.1 Å². The van der Waals surface area contributed by atoms with Crippen molar-refractivity contribution in [2.24, 2.45) is 0 Å². The first-order chi connectivity index (χ1) is 11.9. The van der Waals surface area contributed by atoms with Crippen LogP contribution in [0.25, 0.3) is 10.8 Å². The van der Waals surface area contributed by atoms with Gasteiger partial charge in [0, 0.05) is 0 Å². The summed E-state index contributed by atoms with van der Waals surface area (Å²) < 4.78 is 52.7. The summed E-state index contributed by atoms with van der Waals surface area (Å²) >= 11 is 0. The highest BCUT2D eigenvalue weighted by atomic mass is 19.3. The lowest BCUT2D eigenvalue weighted by Crippen LogP contribution is -2.22. The van der Waals surface area contributed by atoms with Crippen molar-refractivity contribution in [2.45, 2.75) is 19.5 Å². The van der Waals surface area contributed by atoms with Gasteiger partial charge in [-0.2, -0.15) is 8.78 Å². The Morgan fingerprint density at radius 2 is 1.64 bits per heavy atom. The molecule has 0 saturated heterocycles. The van der Waals surface area contributed by atoms with Crippen LogP contribution in [0.15, 0.2) is 54.6 Å². The van der Waals surface area contributed by atoms with E-state index in [4.69, 9.17) is 9.47 Å². The Labute approximate surface area is 143 Å². The monoisotopic (exact) mass is 346 g/mol. The zero-order chi connectivity index (χ0) is 18.0. The number of benzene rings is 3. The predicted molar refractivity (Wildman–Crippen MR) is 90.8 cm³/mol. The largest absolute Gasteiger partial charge is 0.497 e. The number of alkyl halides is 2. The zero-order valence-electron chi connectivity index (χ0n) is 13.9. The average Bonchev–Trinajstić information content (AvgIpc) is 2.61. The molecular weight excluding hydrogens is 329 g/mol. The van der Waals surface area contributed by atoms with Crippen molar-refractivity contribution in [1.82, 2.24) is 0 Å². The van der Waals surface area contributed by atoms with Gasteiger partial charge in [-0.25, -0.2) is 4.39 Å². The molecule has 0 spiro atoms. The van der Waals surface area contributed by atoms with Crippen molar-refractivity contribution >= 4 is 10.8 Å². The molecule has 0 radical (unpaired) electrons. The van der Waals surface area contributed by atoms with Crippen LogP contribution >= 0.6 is 0 Å². The minimum absolute atomic E-state index is 0.320. The molecule has 0 heterocycles. The molecule has 0 amide bonds. The van der Waals surface area contributed by atoms with Crippen molar-refractivity contribution in [3.63, 3.8) is 0 Å². The van der Waals surface area contributed by atoms with Crippen molar-refractivity contribution in [3.8, 4) is 11.5 Å². The van der Waals surface area contributed by atoms with Gasteiger partial charge in [-0.05, 0) is 59.2 Å². The molecule has 0 atom stereocenters. The summed E-state index contributed by atoms with van der Waals surface area (Å²) in [6.07, 6.45) is -2.89. The van der Waals surface area contributed by atoms with Gasteiger partial charge in [-0.3, -0.25) is 0 Å². The minimum atomic E-state index is -3.63. The standard InChI is InChI=1S/C20H17F3O2/c1-3-13-4-7-16(8-5-13)20(22,23)25-19-12-14-6-9-17(24-2)10-15(14)11-18(19)21/h4-12H,3H2,1-2H3. The highest BCUT2D eigenvalue weighted by Crippen LogP contribution is 2.35. The Kier molecular flexibility index (Phi) is 4.57. The third-order valence-corrected chi connectivity index (χ3v) is 4.03. The first kappa shape index (κ1) is 17.1. The van der Waals surface area contributed by atoms with Gasteiger partial charge >= 0.3 is 6.11 Å². The van der Waals surface area contributed by atoms with Gasteiger partial charge in [0.25, 0.3) is 0 Å². The van der Waals surface area contributed by atoms with Crippen molar-refractivity contribution in [2.75, 3.05) is 7.11 Å². The fourth-order valence-corrected chi connectivity index (χ4v) is 2.56. The SMILES string of the molecule is CCc1ccc(C(F)(F)Oc2cc3ccc(OC)cc3cc2F)cc1. The maximum Gasteiger partial charge on any atom is 0.426 e. The van der Waals surface area contributed by atoms with E-state index in [-0.39, 0.29) is 5.56 Å². The predicted octanol–water partition coefficient (Wildman–Crippen LogP) is 5.68. The van der Waals surface area contributed by atoms with Crippen molar-refractivity contribution in [3.05, 3.63) is 71.5 Å². The van der Waals surface area contributed by atoms with Crippen LogP contribution in [0.2, 0.25) is 0 Å². The molecule has 3 rings (SSSR count). The molecule has 25 heavy (non-hydrogen) atoms. The van der Waals surface area contributed by atoms with Crippen LogP contribution in [0.1, 0.15) is 18.1 Å². The maximum atomic E-state index is 14.4. The molecule has 5 heteroatoms. The first-order valence-corrected chi connectivity index (χ1v) is 7.86. The average molecular weight is 346 g/mol. The van der Waals surface area contributed by atoms with E-state index >= 15 is 0 Å². The molecule has 0 aliphatic carbocycles. The summed E-state index contributed by atoms with van der Waals surface area (Å²) in [6, 6.07) is 13.2. The highest BCUT2D eigenvalue weighted by molar-refractivity contribution is 5.85. The summed E-state index contributed by atoms with van der Waals surface area (Å²) in [7, 11) is 1.50. The summed E-state index contributed by atoms with van der Waals surface area (Å²) in [5.74, 6) is -0.797. The smallest absolute Gasteiger partial charge is 0.426 e. The third-order valence-electron chi connectivity index (χ3n) is 4.03. The van der Waals surface area contributed by atoms with E-state index in [1.54, 1.807) is 30.3 Å². The molecule has 0 N–H and O–H groups in total. The van der Waals surface area contributed by atoms with Crippen LogP contribution in [0.3, 0.4) is 0 Å². The van der Waals surface area contributed by atoms with Gasteiger partial charge in [0.2, 0.25) is 0 Å². The van der Waals surface area contributed by atoms with Crippen LogP contribution in [0.4, 0.5) is 13.2 Å². The molecule has 130 valence electrons. The third kappa shape index (κ3) is 3.55. The van der Waals surface area contributed by atoms with Crippen LogP contribution in [-0.2, 0) is 12.5 Å². The Hall–Kier alpha value is -2.69. The number of methoxy groups -OCH3 is 1. The summed E-state index contributed by atoms with van der Waals surface area (Å²) in [4.78, 5) is 0. The Bertz CT molecular complexity index is 889. The fourth-order valence-electron chi connectivity index (χ4n) is 2.56. The number of halogens is 3. The van der Waals surface area contributed by atoms with Gasteiger partial charge in [-0.1, -0.05) is 25.1 Å². The number of aryl methyl sites for hydroxylation is 1. The van der Waals surface area contributed by atoms with E-state index in [1.807, 2.05) is 6.92 Å². The number of hydrogen-bond acceptors (Lipinski definition) is 2. The van der Waals surface area contributed by atoms with Crippen molar-refractivity contribution in [1.29, 1.82) is 0 Å². The fraction of sp³-hybridized carbons (Fsp3) is 0.200. The van der Waals surface area contributed by atoms with Gasteiger partial charge in [0.1, 0.15) is 5.75 Å². The lowest BCUT2D eigenvalue weighted by molar-refractivity contribution is -0.186. The van der Waals surface area contributed by atoms with Crippen molar-refractivity contribution < 1.29 is 22.6 Å². The summed E-state index contributed by atoms with van der Waals surface area (Å²) in [6.45, 7) is 1.93. The van der Waals surface area contributed by atoms with Gasteiger partial charge < -0.3 is 9.47 Å². The van der Waals surface area contributed by atoms with Crippen LogP contribution in [0.5, 0.6) is 11.5 Å². The minimum Gasteiger partial charge on any atom is -0.497 e. The second-order valence-electron chi connectivity index (χ2n) is 5.67. The van der Waals surface area contributed by atoms with Gasteiger partial charge in [0.05, 0.1) is 12.7 Å². The molecule has 0 aliphatic heterocycles. The Morgan fingerprint density at radius 1 is 0.920 bits per heavy atom. The quantitative estimate of drug-likeness (QED) is 0.592. The molecule has 2 nitrogen and oxygen atoms in total. The number of ether oxygens (including phenoxy) is 2. The Morgan fingerprint density at radius 3 is 2.28 bits per heavy atom. The van der Waals surface area contributed by atoms with E-state index in [2.05, 4.69) is 0 Å². The number of rotatable bonds is 5. The molecule has 0 aromatic heterocycles. The van der Waals surface area contributed by atoms with E-state index in [1.165, 1.54) is 25.3 Å². The molecule has 3 aromatic rings. The lowest BCUT2D eigenvalue weighted by atomic mass is 10.1. The molecule has 0 aliphatic rings. The topological polar surface area (TPSA) is 18.5 Å².